The maximum Gasteiger partial charge on any atom is 0.252 e. The van der Waals surface area contributed by atoms with Crippen LogP contribution in [0.2, 0.25) is 0 Å². The highest BCUT2D eigenvalue weighted by Gasteiger charge is 2.22. The van der Waals surface area contributed by atoms with Crippen LogP contribution < -0.4 is 10.2 Å². The number of halogens is 1. The topological polar surface area (TPSA) is 52.6 Å². The maximum atomic E-state index is 12.5. The molecule has 0 aliphatic carbocycles. The first-order chi connectivity index (χ1) is 13.0. The summed E-state index contributed by atoms with van der Waals surface area (Å²) in [6.07, 6.45) is 0. The lowest BCUT2D eigenvalue weighted by molar-refractivity contribution is -0.130. The zero-order valence-corrected chi connectivity index (χ0v) is 17.8. The molecule has 0 aromatic heterocycles. The van der Waals surface area contributed by atoms with E-state index in [-0.39, 0.29) is 18.4 Å². The Morgan fingerprint density at radius 1 is 1.00 bits per heavy atom. The summed E-state index contributed by atoms with van der Waals surface area (Å²) in [5.41, 5.74) is 4.42. The van der Waals surface area contributed by atoms with Gasteiger partial charge in [-0.05, 0) is 65.8 Å². The van der Waals surface area contributed by atoms with Crippen molar-refractivity contribution in [3.63, 3.8) is 0 Å². The van der Waals surface area contributed by atoms with Crippen LogP contribution in [0.5, 0.6) is 0 Å². The van der Waals surface area contributed by atoms with Crippen molar-refractivity contribution < 1.29 is 9.59 Å². The predicted molar refractivity (Wildman–Crippen MR) is 116 cm³/mol. The fourth-order valence-electron chi connectivity index (χ4n) is 3.28. The van der Waals surface area contributed by atoms with Crippen LogP contribution in [0.3, 0.4) is 0 Å². The molecule has 0 unspecified atom stereocenters. The first kappa shape index (κ1) is 19.7. The highest BCUT2D eigenvalue weighted by atomic mass is 127. The number of carbonyl (C=O) groups is 2. The molecule has 27 heavy (non-hydrogen) atoms. The van der Waals surface area contributed by atoms with Crippen LogP contribution in [0.4, 0.5) is 5.69 Å². The Bertz CT molecular complexity index is 845. The van der Waals surface area contributed by atoms with Gasteiger partial charge >= 0.3 is 0 Å². The third kappa shape index (κ3) is 4.61. The van der Waals surface area contributed by atoms with E-state index in [1.165, 1.54) is 16.8 Å². The number of aryl methyl sites for hydroxylation is 1. The lowest BCUT2D eigenvalue weighted by Crippen LogP contribution is -2.51. The summed E-state index contributed by atoms with van der Waals surface area (Å²) in [6.45, 7) is 7.25. The smallest absolute Gasteiger partial charge is 0.252 e. The van der Waals surface area contributed by atoms with Crippen LogP contribution in [0.15, 0.2) is 42.5 Å². The Kier molecular flexibility index (Phi) is 6.36. The van der Waals surface area contributed by atoms with E-state index in [4.69, 9.17) is 0 Å². The largest absolute Gasteiger partial charge is 0.368 e. The summed E-state index contributed by atoms with van der Waals surface area (Å²) in [5.74, 6) is -0.239. The van der Waals surface area contributed by atoms with Crippen molar-refractivity contribution in [2.75, 3.05) is 37.6 Å². The van der Waals surface area contributed by atoms with Crippen LogP contribution in [0, 0.1) is 17.4 Å². The number of amides is 2. The van der Waals surface area contributed by atoms with E-state index in [2.05, 4.69) is 64.9 Å². The summed E-state index contributed by atoms with van der Waals surface area (Å²) < 4.78 is 0.877. The molecule has 0 saturated carbocycles. The molecule has 3 rings (SSSR count). The number of hydrogen-bond acceptors (Lipinski definition) is 3. The molecule has 6 heteroatoms. The molecule has 1 fully saturated rings. The SMILES string of the molecule is Cc1cccc(N2CCN(C(=O)CNC(=O)c3ccccc3I)CC2)c1C. The number of piperazine rings is 1. The molecule has 2 aromatic carbocycles. The third-order valence-electron chi connectivity index (χ3n) is 5.07. The molecule has 1 heterocycles. The highest BCUT2D eigenvalue weighted by Crippen LogP contribution is 2.23. The number of anilines is 1. The van der Waals surface area contributed by atoms with Crippen LogP contribution in [0.25, 0.3) is 0 Å². The van der Waals surface area contributed by atoms with Gasteiger partial charge < -0.3 is 15.1 Å². The average molecular weight is 477 g/mol. The molecule has 1 aliphatic heterocycles. The van der Waals surface area contributed by atoms with Crippen LogP contribution in [-0.4, -0.2) is 49.4 Å². The average Bonchev–Trinajstić information content (AvgIpc) is 2.68. The zero-order valence-electron chi connectivity index (χ0n) is 15.7. The second kappa shape index (κ2) is 8.73. The van der Waals surface area contributed by atoms with Crippen molar-refractivity contribution in [2.24, 2.45) is 0 Å². The lowest BCUT2D eigenvalue weighted by atomic mass is 10.1. The quantitative estimate of drug-likeness (QED) is 0.690. The Morgan fingerprint density at radius 2 is 1.70 bits per heavy atom. The van der Waals surface area contributed by atoms with Crippen molar-refractivity contribution >= 4 is 40.1 Å². The van der Waals surface area contributed by atoms with Crippen molar-refractivity contribution in [3.05, 3.63) is 62.7 Å². The van der Waals surface area contributed by atoms with Gasteiger partial charge in [-0.25, -0.2) is 0 Å². The number of benzene rings is 2. The van der Waals surface area contributed by atoms with Gasteiger partial charge in [-0.15, -0.1) is 0 Å². The minimum Gasteiger partial charge on any atom is -0.368 e. The molecule has 0 spiro atoms. The minimum absolute atomic E-state index is 0.0325. The Hall–Kier alpha value is -2.09. The van der Waals surface area contributed by atoms with Gasteiger partial charge in [0.2, 0.25) is 5.91 Å². The number of nitrogens with zero attached hydrogens (tertiary/aromatic N) is 2. The van der Waals surface area contributed by atoms with E-state index in [0.29, 0.717) is 18.7 Å². The van der Waals surface area contributed by atoms with Gasteiger partial charge in [0, 0.05) is 35.4 Å². The number of nitrogens with one attached hydrogen (secondary N) is 1. The summed E-state index contributed by atoms with van der Waals surface area (Å²) in [6, 6.07) is 13.7. The van der Waals surface area contributed by atoms with Crippen molar-refractivity contribution in [3.8, 4) is 0 Å². The molecule has 0 bridgehead atoms. The van der Waals surface area contributed by atoms with Crippen molar-refractivity contribution in [1.82, 2.24) is 10.2 Å². The first-order valence-electron chi connectivity index (χ1n) is 9.09. The predicted octanol–water partition coefficient (Wildman–Crippen LogP) is 2.99. The van der Waals surface area contributed by atoms with Gasteiger partial charge in [-0.2, -0.15) is 0 Å². The summed E-state index contributed by atoms with van der Waals surface area (Å²) in [7, 11) is 0. The zero-order chi connectivity index (χ0) is 19.4. The second-order valence-electron chi connectivity index (χ2n) is 6.75. The summed E-state index contributed by atoms with van der Waals surface area (Å²) >= 11 is 2.13. The standard InChI is InChI=1S/C21H24IN3O2/c1-15-6-5-9-19(16(15)2)24-10-12-25(13-11-24)20(26)14-23-21(27)17-7-3-4-8-18(17)22/h3-9H,10-14H2,1-2H3,(H,23,27). The Labute approximate surface area is 173 Å². The number of carbonyl (C=O) groups excluding carboxylic acids is 2. The van der Waals surface area contributed by atoms with E-state index in [9.17, 15) is 9.59 Å². The van der Waals surface area contributed by atoms with Crippen LogP contribution in [-0.2, 0) is 4.79 Å². The van der Waals surface area contributed by atoms with Gasteiger partial charge in [0.1, 0.15) is 0 Å². The molecule has 142 valence electrons. The molecular formula is C21H24IN3O2. The van der Waals surface area contributed by atoms with E-state index >= 15 is 0 Å². The number of hydrogen-bond donors (Lipinski definition) is 1. The summed E-state index contributed by atoms with van der Waals surface area (Å²) in [4.78, 5) is 28.9. The number of rotatable bonds is 4. The van der Waals surface area contributed by atoms with E-state index in [1.54, 1.807) is 6.07 Å². The Morgan fingerprint density at radius 3 is 2.41 bits per heavy atom. The van der Waals surface area contributed by atoms with Crippen LogP contribution >= 0.6 is 22.6 Å². The van der Waals surface area contributed by atoms with Gasteiger partial charge in [-0.1, -0.05) is 24.3 Å². The molecule has 2 aromatic rings. The van der Waals surface area contributed by atoms with Gasteiger partial charge in [0.05, 0.1) is 12.1 Å². The molecule has 0 radical (unpaired) electrons. The van der Waals surface area contributed by atoms with E-state index in [1.807, 2.05) is 23.1 Å². The van der Waals surface area contributed by atoms with Crippen LogP contribution in [0.1, 0.15) is 21.5 Å². The third-order valence-corrected chi connectivity index (χ3v) is 6.01. The fourth-order valence-corrected chi connectivity index (χ4v) is 3.92. The molecule has 2 amide bonds. The van der Waals surface area contributed by atoms with Gasteiger partial charge in [-0.3, -0.25) is 9.59 Å². The maximum absolute atomic E-state index is 12.5. The van der Waals surface area contributed by atoms with Crippen molar-refractivity contribution in [1.29, 1.82) is 0 Å². The second-order valence-corrected chi connectivity index (χ2v) is 7.91. The van der Waals surface area contributed by atoms with Crippen molar-refractivity contribution in [2.45, 2.75) is 13.8 Å². The van der Waals surface area contributed by atoms with E-state index in [0.717, 1.165) is 16.7 Å². The lowest BCUT2D eigenvalue weighted by Gasteiger charge is -2.37. The fraction of sp³-hybridized carbons (Fsp3) is 0.333. The van der Waals surface area contributed by atoms with Gasteiger partial charge in [0.15, 0.2) is 0 Å². The normalized spacial score (nSPS) is 14.2. The molecule has 1 saturated heterocycles. The molecule has 1 N–H and O–H groups in total. The highest BCUT2D eigenvalue weighted by molar-refractivity contribution is 14.1. The van der Waals surface area contributed by atoms with Gasteiger partial charge in [0.25, 0.3) is 5.91 Å². The Balaban J connectivity index is 1.52. The minimum atomic E-state index is -0.206. The van der Waals surface area contributed by atoms with E-state index < -0.39 is 0 Å². The molecule has 0 atom stereocenters. The first-order valence-corrected chi connectivity index (χ1v) is 10.2. The monoisotopic (exact) mass is 477 g/mol. The molecule has 5 nitrogen and oxygen atoms in total. The molecular weight excluding hydrogens is 453 g/mol. The summed E-state index contributed by atoms with van der Waals surface area (Å²) in [5, 5.41) is 2.75. The molecule has 1 aliphatic rings.